The molecule has 16 heavy (non-hydrogen) atoms. The molecule has 0 bridgehead atoms. The molecule has 1 aliphatic carbocycles. The number of hydrogen-bond acceptors (Lipinski definition) is 3. The lowest BCUT2D eigenvalue weighted by Gasteiger charge is -2.21. The Morgan fingerprint density at radius 1 is 1.06 bits per heavy atom. The standard InChI is InChI=1S/C13H21N3/c1-9-12(8-14)10(2)16-13(15-9)11-6-4-3-5-7-11/h11H,3-8,14H2,1-2H3. The summed E-state index contributed by atoms with van der Waals surface area (Å²) in [6.07, 6.45) is 6.52. The number of aryl methyl sites for hydroxylation is 2. The third kappa shape index (κ3) is 2.24. The predicted octanol–water partition coefficient (Wildman–Crippen LogP) is 2.60. The van der Waals surface area contributed by atoms with Crippen molar-refractivity contribution in [1.82, 2.24) is 9.97 Å². The van der Waals surface area contributed by atoms with E-state index in [2.05, 4.69) is 9.97 Å². The minimum atomic E-state index is 0.544. The summed E-state index contributed by atoms with van der Waals surface area (Å²) in [6, 6.07) is 0. The van der Waals surface area contributed by atoms with Gasteiger partial charge < -0.3 is 5.73 Å². The summed E-state index contributed by atoms with van der Waals surface area (Å²) < 4.78 is 0. The minimum Gasteiger partial charge on any atom is -0.326 e. The van der Waals surface area contributed by atoms with Gasteiger partial charge >= 0.3 is 0 Å². The van der Waals surface area contributed by atoms with E-state index < -0.39 is 0 Å². The van der Waals surface area contributed by atoms with Gasteiger partial charge in [0.1, 0.15) is 5.82 Å². The fraction of sp³-hybridized carbons (Fsp3) is 0.692. The Kier molecular flexibility index (Phi) is 3.54. The van der Waals surface area contributed by atoms with Crippen molar-refractivity contribution in [3.05, 3.63) is 22.8 Å². The Balaban J connectivity index is 2.28. The summed E-state index contributed by atoms with van der Waals surface area (Å²) in [5.41, 5.74) is 8.94. The Morgan fingerprint density at radius 2 is 1.62 bits per heavy atom. The van der Waals surface area contributed by atoms with Crippen molar-refractivity contribution in [1.29, 1.82) is 0 Å². The zero-order valence-electron chi connectivity index (χ0n) is 10.3. The number of nitrogens with two attached hydrogens (primary N) is 1. The van der Waals surface area contributed by atoms with E-state index in [4.69, 9.17) is 5.73 Å². The number of aromatic nitrogens is 2. The highest BCUT2D eigenvalue weighted by Crippen LogP contribution is 2.31. The molecule has 2 N–H and O–H groups in total. The van der Waals surface area contributed by atoms with Crippen LogP contribution in [0.2, 0.25) is 0 Å². The fourth-order valence-electron chi connectivity index (χ4n) is 2.60. The maximum absolute atomic E-state index is 5.70. The average Bonchev–Trinajstić information content (AvgIpc) is 2.30. The van der Waals surface area contributed by atoms with E-state index in [1.807, 2.05) is 13.8 Å². The van der Waals surface area contributed by atoms with Gasteiger partial charge in [0, 0.05) is 29.4 Å². The van der Waals surface area contributed by atoms with Gasteiger partial charge in [-0.2, -0.15) is 0 Å². The molecule has 0 unspecified atom stereocenters. The molecule has 0 amide bonds. The smallest absolute Gasteiger partial charge is 0.131 e. The Labute approximate surface area is 97.5 Å². The van der Waals surface area contributed by atoms with Crippen molar-refractivity contribution in [2.24, 2.45) is 5.73 Å². The van der Waals surface area contributed by atoms with Crippen LogP contribution < -0.4 is 5.73 Å². The quantitative estimate of drug-likeness (QED) is 0.831. The second-order valence-corrected chi connectivity index (χ2v) is 4.77. The zero-order valence-corrected chi connectivity index (χ0v) is 10.3. The van der Waals surface area contributed by atoms with Gasteiger partial charge in [-0.05, 0) is 26.7 Å². The normalized spacial score (nSPS) is 17.7. The molecule has 1 aliphatic rings. The van der Waals surface area contributed by atoms with Crippen molar-refractivity contribution in [2.45, 2.75) is 58.4 Å². The third-order valence-corrected chi connectivity index (χ3v) is 3.61. The van der Waals surface area contributed by atoms with Crippen LogP contribution in [0.15, 0.2) is 0 Å². The van der Waals surface area contributed by atoms with E-state index in [9.17, 15) is 0 Å². The summed E-state index contributed by atoms with van der Waals surface area (Å²) in [6.45, 7) is 4.63. The first-order valence-corrected chi connectivity index (χ1v) is 6.26. The van der Waals surface area contributed by atoms with Crippen LogP contribution in [-0.2, 0) is 6.54 Å². The zero-order chi connectivity index (χ0) is 11.5. The molecule has 0 atom stereocenters. The van der Waals surface area contributed by atoms with Crippen molar-refractivity contribution in [3.8, 4) is 0 Å². The van der Waals surface area contributed by atoms with Gasteiger partial charge in [-0.3, -0.25) is 0 Å². The van der Waals surface area contributed by atoms with Crippen LogP contribution >= 0.6 is 0 Å². The van der Waals surface area contributed by atoms with Gasteiger partial charge in [-0.15, -0.1) is 0 Å². The monoisotopic (exact) mass is 219 g/mol. The number of hydrogen-bond donors (Lipinski definition) is 1. The second-order valence-electron chi connectivity index (χ2n) is 4.77. The molecule has 1 aromatic heterocycles. The van der Waals surface area contributed by atoms with Crippen LogP contribution in [-0.4, -0.2) is 9.97 Å². The van der Waals surface area contributed by atoms with Crippen molar-refractivity contribution >= 4 is 0 Å². The molecule has 2 rings (SSSR count). The Morgan fingerprint density at radius 3 is 2.12 bits per heavy atom. The summed E-state index contributed by atoms with van der Waals surface area (Å²) >= 11 is 0. The summed E-state index contributed by atoms with van der Waals surface area (Å²) in [4.78, 5) is 9.27. The van der Waals surface area contributed by atoms with Crippen LogP contribution in [0.25, 0.3) is 0 Å². The summed E-state index contributed by atoms with van der Waals surface area (Å²) in [7, 11) is 0. The number of rotatable bonds is 2. The van der Waals surface area contributed by atoms with Gasteiger partial charge in [0.2, 0.25) is 0 Å². The van der Waals surface area contributed by atoms with Crippen LogP contribution in [0.4, 0.5) is 0 Å². The van der Waals surface area contributed by atoms with Gasteiger partial charge in [0.15, 0.2) is 0 Å². The first-order valence-electron chi connectivity index (χ1n) is 6.26. The number of nitrogens with zero attached hydrogens (tertiary/aromatic N) is 2. The second kappa shape index (κ2) is 4.91. The molecule has 0 saturated heterocycles. The van der Waals surface area contributed by atoms with E-state index in [0.29, 0.717) is 12.5 Å². The predicted molar refractivity (Wildman–Crippen MR) is 65.2 cm³/mol. The topological polar surface area (TPSA) is 51.8 Å². The van der Waals surface area contributed by atoms with Gasteiger partial charge in [0.05, 0.1) is 0 Å². The molecule has 1 heterocycles. The molecule has 88 valence electrons. The molecule has 3 nitrogen and oxygen atoms in total. The van der Waals surface area contributed by atoms with E-state index in [0.717, 1.165) is 22.8 Å². The highest BCUT2D eigenvalue weighted by atomic mass is 14.9. The lowest BCUT2D eigenvalue weighted by molar-refractivity contribution is 0.427. The Hall–Kier alpha value is -0.960. The molecule has 0 spiro atoms. The minimum absolute atomic E-state index is 0.544. The first-order chi connectivity index (χ1) is 7.72. The molecular weight excluding hydrogens is 198 g/mol. The highest BCUT2D eigenvalue weighted by Gasteiger charge is 2.19. The van der Waals surface area contributed by atoms with Crippen LogP contribution in [0.1, 0.15) is 60.8 Å². The molecule has 0 aromatic carbocycles. The lowest BCUT2D eigenvalue weighted by atomic mass is 9.88. The van der Waals surface area contributed by atoms with Crippen molar-refractivity contribution in [3.63, 3.8) is 0 Å². The fourth-order valence-corrected chi connectivity index (χ4v) is 2.60. The van der Waals surface area contributed by atoms with E-state index in [1.165, 1.54) is 32.1 Å². The van der Waals surface area contributed by atoms with E-state index in [1.54, 1.807) is 0 Å². The lowest BCUT2D eigenvalue weighted by Crippen LogP contribution is -2.14. The third-order valence-electron chi connectivity index (χ3n) is 3.61. The van der Waals surface area contributed by atoms with E-state index >= 15 is 0 Å². The van der Waals surface area contributed by atoms with Crippen molar-refractivity contribution in [2.75, 3.05) is 0 Å². The molecule has 3 heteroatoms. The molecule has 1 fully saturated rings. The van der Waals surface area contributed by atoms with Crippen LogP contribution in [0.5, 0.6) is 0 Å². The van der Waals surface area contributed by atoms with E-state index in [-0.39, 0.29) is 0 Å². The molecule has 0 radical (unpaired) electrons. The summed E-state index contributed by atoms with van der Waals surface area (Å²) in [5, 5.41) is 0. The van der Waals surface area contributed by atoms with Gasteiger partial charge in [0.25, 0.3) is 0 Å². The molecule has 0 aliphatic heterocycles. The van der Waals surface area contributed by atoms with Crippen molar-refractivity contribution < 1.29 is 0 Å². The maximum Gasteiger partial charge on any atom is 0.131 e. The highest BCUT2D eigenvalue weighted by molar-refractivity contribution is 5.24. The molecular formula is C13H21N3. The van der Waals surface area contributed by atoms with Crippen LogP contribution in [0.3, 0.4) is 0 Å². The maximum atomic E-state index is 5.70. The molecule has 1 saturated carbocycles. The van der Waals surface area contributed by atoms with Gasteiger partial charge in [-0.1, -0.05) is 19.3 Å². The first kappa shape index (κ1) is 11.5. The summed E-state index contributed by atoms with van der Waals surface area (Å²) in [5.74, 6) is 1.63. The Bertz CT molecular complexity index is 344. The van der Waals surface area contributed by atoms with Crippen LogP contribution in [0, 0.1) is 13.8 Å². The average molecular weight is 219 g/mol. The molecule has 1 aromatic rings. The van der Waals surface area contributed by atoms with Gasteiger partial charge in [-0.25, -0.2) is 9.97 Å². The largest absolute Gasteiger partial charge is 0.326 e. The SMILES string of the molecule is Cc1nc(C2CCCCC2)nc(C)c1CN.